The van der Waals surface area contributed by atoms with Gasteiger partial charge in [-0.1, -0.05) is 24.6 Å². The first kappa shape index (κ1) is 14.4. The van der Waals surface area contributed by atoms with Gasteiger partial charge in [0.25, 0.3) is 0 Å². The van der Waals surface area contributed by atoms with Crippen LogP contribution in [0.1, 0.15) is 45.4 Å². The third-order valence-corrected chi connectivity index (χ3v) is 4.90. The van der Waals surface area contributed by atoms with Crippen LogP contribution in [-0.4, -0.2) is 18.1 Å². The molecule has 1 aromatic rings. The first-order valence-electron chi connectivity index (χ1n) is 8.24. The molecule has 2 aliphatic carbocycles. The van der Waals surface area contributed by atoms with Crippen LogP contribution in [-0.2, 0) is 9.53 Å². The Kier molecular flexibility index (Phi) is 4.18. The molecule has 3 rings (SSSR count). The summed E-state index contributed by atoms with van der Waals surface area (Å²) in [6.07, 6.45) is 6.86. The smallest absolute Gasteiger partial charge is 0.331 e. The van der Waals surface area contributed by atoms with Gasteiger partial charge in [-0.25, -0.2) is 4.79 Å². The van der Waals surface area contributed by atoms with Gasteiger partial charge in [-0.15, -0.1) is 0 Å². The summed E-state index contributed by atoms with van der Waals surface area (Å²) >= 11 is 0. The maximum Gasteiger partial charge on any atom is 0.331 e. The van der Waals surface area contributed by atoms with Gasteiger partial charge >= 0.3 is 5.97 Å². The van der Waals surface area contributed by atoms with E-state index in [1.165, 1.54) is 19.3 Å². The van der Waals surface area contributed by atoms with E-state index in [0.29, 0.717) is 12.5 Å². The molecular weight excluding hydrogens is 262 g/mol. The Balaban J connectivity index is 1.81. The summed E-state index contributed by atoms with van der Waals surface area (Å²) in [5, 5.41) is 3.52. The molecule has 3 heteroatoms. The quantitative estimate of drug-likeness (QED) is 0.832. The minimum absolute atomic E-state index is 0.0702. The molecule has 0 spiro atoms. The van der Waals surface area contributed by atoms with Crippen LogP contribution in [0.25, 0.3) is 0 Å². The number of anilines is 1. The van der Waals surface area contributed by atoms with Crippen molar-refractivity contribution in [3.63, 3.8) is 0 Å². The number of hydrogen-bond acceptors (Lipinski definition) is 3. The Labute approximate surface area is 127 Å². The molecule has 0 saturated heterocycles. The normalized spacial score (nSPS) is 28.9. The van der Waals surface area contributed by atoms with Crippen molar-refractivity contribution in [3.8, 4) is 0 Å². The van der Waals surface area contributed by atoms with Crippen molar-refractivity contribution in [2.24, 2.45) is 11.8 Å². The zero-order valence-electron chi connectivity index (χ0n) is 12.8. The summed E-state index contributed by atoms with van der Waals surface area (Å²) in [5.41, 5.74) is 0.491. The van der Waals surface area contributed by atoms with Gasteiger partial charge in [-0.3, -0.25) is 0 Å². The highest BCUT2D eigenvalue weighted by atomic mass is 16.5. The van der Waals surface area contributed by atoms with E-state index < -0.39 is 5.54 Å². The average molecular weight is 287 g/mol. The van der Waals surface area contributed by atoms with Crippen molar-refractivity contribution in [1.82, 2.24) is 0 Å². The van der Waals surface area contributed by atoms with E-state index >= 15 is 0 Å². The molecule has 2 fully saturated rings. The molecule has 1 N–H and O–H groups in total. The molecule has 114 valence electrons. The standard InChI is InChI=1S/C18H25NO2/c1-2-21-17(20)18(19-16-8-4-3-5-9-16)12-6-7-15(13-18)14-10-11-14/h3-5,8-9,14-15,19H,2,6-7,10-13H2,1H3. The van der Waals surface area contributed by atoms with Crippen molar-refractivity contribution in [2.45, 2.75) is 51.0 Å². The molecule has 0 aliphatic heterocycles. The van der Waals surface area contributed by atoms with E-state index in [0.717, 1.165) is 30.9 Å². The second-order valence-electron chi connectivity index (χ2n) is 6.49. The van der Waals surface area contributed by atoms with Crippen LogP contribution >= 0.6 is 0 Å². The number of carbonyl (C=O) groups excluding carboxylic acids is 1. The van der Waals surface area contributed by atoms with Crippen molar-refractivity contribution in [1.29, 1.82) is 0 Å². The van der Waals surface area contributed by atoms with Crippen LogP contribution in [0.4, 0.5) is 5.69 Å². The Morgan fingerprint density at radius 1 is 1.24 bits per heavy atom. The van der Waals surface area contributed by atoms with E-state index in [1.54, 1.807) is 0 Å². The predicted octanol–water partition coefficient (Wildman–Crippen LogP) is 4.00. The second-order valence-corrected chi connectivity index (χ2v) is 6.49. The zero-order chi connectivity index (χ0) is 14.7. The summed E-state index contributed by atoms with van der Waals surface area (Å²) in [6, 6.07) is 10.1. The fourth-order valence-corrected chi connectivity index (χ4v) is 3.70. The lowest BCUT2D eigenvalue weighted by molar-refractivity contribution is -0.150. The number of carbonyl (C=O) groups is 1. The van der Waals surface area contributed by atoms with Gasteiger partial charge in [-0.2, -0.15) is 0 Å². The summed E-state index contributed by atoms with van der Waals surface area (Å²) < 4.78 is 5.40. The van der Waals surface area contributed by atoms with Crippen LogP contribution < -0.4 is 5.32 Å². The van der Waals surface area contributed by atoms with Crippen molar-refractivity contribution in [3.05, 3.63) is 30.3 Å². The number of esters is 1. The lowest BCUT2D eigenvalue weighted by Crippen LogP contribution is -2.51. The topological polar surface area (TPSA) is 38.3 Å². The maximum absolute atomic E-state index is 12.6. The van der Waals surface area contributed by atoms with Gasteiger partial charge in [-0.05, 0) is 63.0 Å². The Morgan fingerprint density at radius 3 is 2.67 bits per heavy atom. The molecule has 3 nitrogen and oxygen atoms in total. The molecule has 21 heavy (non-hydrogen) atoms. The van der Waals surface area contributed by atoms with Crippen LogP contribution in [0, 0.1) is 11.8 Å². The predicted molar refractivity (Wildman–Crippen MR) is 84.1 cm³/mol. The highest BCUT2D eigenvalue weighted by Gasteiger charge is 2.47. The molecule has 0 aromatic heterocycles. The number of benzene rings is 1. The zero-order valence-corrected chi connectivity index (χ0v) is 12.8. The number of ether oxygens (including phenoxy) is 1. The van der Waals surface area contributed by atoms with E-state index in [9.17, 15) is 4.79 Å². The minimum Gasteiger partial charge on any atom is -0.464 e. The number of para-hydroxylation sites is 1. The number of hydrogen-bond donors (Lipinski definition) is 1. The molecular formula is C18H25NO2. The van der Waals surface area contributed by atoms with Gasteiger partial charge < -0.3 is 10.1 Å². The third kappa shape index (κ3) is 3.22. The summed E-state index contributed by atoms with van der Waals surface area (Å²) in [7, 11) is 0. The Morgan fingerprint density at radius 2 is 2.00 bits per heavy atom. The second kappa shape index (κ2) is 6.08. The van der Waals surface area contributed by atoms with Crippen LogP contribution in [0.2, 0.25) is 0 Å². The molecule has 2 aliphatic rings. The van der Waals surface area contributed by atoms with Gasteiger partial charge in [0.1, 0.15) is 5.54 Å². The fraction of sp³-hybridized carbons (Fsp3) is 0.611. The highest BCUT2D eigenvalue weighted by Crippen LogP contribution is 2.47. The monoisotopic (exact) mass is 287 g/mol. The maximum atomic E-state index is 12.6. The van der Waals surface area contributed by atoms with Crippen LogP contribution in [0.5, 0.6) is 0 Å². The van der Waals surface area contributed by atoms with Gasteiger partial charge in [0.15, 0.2) is 0 Å². The van der Waals surface area contributed by atoms with Crippen LogP contribution in [0.3, 0.4) is 0 Å². The molecule has 0 amide bonds. The molecule has 2 unspecified atom stereocenters. The summed E-state index contributed by atoms with van der Waals surface area (Å²) in [4.78, 5) is 12.6. The van der Waals surface area contributed by atoms with Crippen LogP contribution in [0.15, 0.2) is 30.3 Å². The van der Waals surface area contributed by atoms with Crippen molar-refractivity contribution >= 4 is 11.7 Å². The average Bonchev–Trinajstić information content (AvgIpc) is 3.33. The highest BCUT2D eigenvalue weighted by molar-refractivity contribution is 5.84. The first-order chi connectivity index (χ1) is 10.2. The van der Waals surface area contributed by atoms with E-state index in [1.807, 2.05) is 37.3 Å². The largest absolute Gasteiger partial charge is 0.464 e. The summed E-state index contributed by atoms with van der Waals surface area (Å²) in [6.45, 7) is 2.33. The Bertz CT molecular complexity index is 483. The molecule has 0 radical (unpaired) electrons. The number of rotatable bonds is 5. The summed E-state index contributed by atoms with van der Waals surface area (Å²) in [5.74, 6) is 1.45. The van der Waals surface area contributed by atoms with Crippen molar-refractivity contribution < 1.29 is 9.53 Å². The van der Waals surface area contributed by atoms with Gasteiger partial charge in [0.05, 0.1) is 6.61 Å². The SMILES string of the molecule is CCOC(=O)C1(Nc2ccccc2)CCCC(C2CC2)C1. The molecule has 0 heterocycles. The van der Waals surface area contributed by atoms with E-state index in [4.69, 9.17) is 4.74 Å². The number of nitrogens with one attached hydrogen (secondary N) is 1. The third-order valence-electron chi connectivity index (χ3n) is 4.90. The molecule has 1 aromatic carbocycles. The van der Waals surface area contributed by atoms with Gasteiger partial charge in [0.2, 0.25) is 0 Å². The van der Waals surface area contributed by atoms with E-state index in [-0.39, 0.29) is 5.97 Å². The lowest BCUT2D eigenvalue weighted by Gasteiger charge is -2.40. The lowest BCUT2D eigenvalue weighted by atomic mass is 9.73. The van der Waals surface area contributed by atoms with E-state index in [2.05, 4.69) is 5.32 Å². The Hall–Kier alpha value is -1.51. The molecule has 0 bridgehead atoms. The molecule has 2 atom stereocenters. The molecule has 2 saturated carbocycles. The first-order valence-corrected chi connectivity index (χ1v) is 8.24. The van der Waals surface area contributed by atoms with Crippen molar-refractivity contribution in [2.75, 3.05) is 11.9 Å². The minimum atomic E-state index is -0.525. The fourth-order valence-electron chi connectivity index (χ4n) is 3.70. The van der Waals surface area contributed by atoms with Gasteiger partial charge in [0, 0.05) is 5.69 Å².